The maximum Gasteiger partial charge on any atom is 0.337 e. The standard InChI is InChI=1S/C16H16N4O3S/c1-9(2)20-7-6-12(19-20)14(21)18-16-17-11-5-4-10(15(22)23-3)8-13(11)24-16/h4-9H,1-3H3,(H,17,18,21). The Morgan fingerprint density at radius 2 is 2.08 bits per heavy atom. The second-order valence-corrected chi connectivity index (χ2v) is 6.45. The highest BCUT2D eigenvalue weighted by molar-refractivity contribution is 7.22. The molecule has 0 bridgehead atoms. The molecule has 0 radical (unpaired) electrons. The van der Waals surface area contributed by atoms with E-state index in [1.165, 1.54) is 18.4 Å². The largest absolute Gasteiger partial charge is 0.465 e. The summed E-state index contributed by atoms with van der Waals surface area (Å²) >= 11 is 1.29. The summed E-state index contributed by atoms with van der Waals surface area (Å²) in [6, 6.07) is 6.91. The van der Waals surface area contributed by atoms with Gasteiger partial charge >= 0.3 is 5.97 Å². The molecule has 24 heavy (non-hydrogen) atoms. The third kappa shape index (κ3) is 3.13. The summed E-state index contributed by atoms with van der Waals surface area (Å²) in [5.41, 5.74) is 1.48. The van der Waals surface area contributed by atoms with E-state index in [-0.39, 0.29) is 11.9 Å². The highest BCUT2D eigenvalue weighted by Crippen LogP contribution is 2.27. The minimum Gasteiger partial charge on any atom is -0.465 e. The summed E-state index contributed by atoms with van der Waals surface area (Å²) in [5.74, 6) is -0.725. The number of fused-ring (bicyclic) bond motifs is 1. The van der Waals surface area contributed by atoms with Crippen LogP contribution in [0.15, 0.2) is 30.5 Å². The van der Waals surface area contributed by atoms with E-state index in [0.29, 0.717) is 21.9 Å². The highest BCUT2D eigenvalue weighted by atomic mass is 32.1. The van der Waals surface area contributed by atoms with Crippen molar-refractivity contribution in [3.05, 3.63) is 41.7 Å². The predicted molar refractivity (Wildman–Crippen MR) is 91.5 cm³/mol. The number of rotatable bonds is 4. The highest BCUT2D eigenvalue weighted by Gasteiger charge is 2.14. The molecule has 0 atom stereocenters. The fraction of sp³-hybridized carbons (Fsp3) is 0.250. The lowest BCUT2D eigenvalue weighted by atomic mass is 10.2. The first-order chi connectivity index (χ1) is 11.5. The quantitative estimate of drug-likeness (QED) is 0.735. The van der Waals surface area contributed by atoms with Crippen LogP contribution in [-0.2, 0) is 4.74 Å². The molecule has 1 aromatic carbocycles. The molecule has 1 N–H and O–H groups in total. The number of nitrogens with zero attached hydrogens (tertiary/aromatic N) is 3. The third-order valence-electron chi connectivity index (χ3n) is 3.40. The number of carbonyl (C=O) groups is 2. The van der Waals surface area contributed by atoms with Crippen LogP contribution in [0.2, 0.25) is 0 Å². The van der Waals surface area contributed by atoms with Crippen LogP contribution in [0.4, 0.5) is 5.13 Å². The lowest BCUT2D eigenvalue weighted by molar-refractivity contribution is 0.0601. The Hall–Kier alpha value is -2.74. The molecule has 0 saturated carbocycles. The predicted octanol–water partition coefficient (Wildman–Crippen LogP) is 3.11. The van der Waals surface area contributed by atoms with E-state index in [1.807, 2.05) is 13.8 Å². The van der Waals surface area contributed by atoms with Crippen molar-refractivity contribution in [1.82, 2.24) is 14.8 Å². The Balaban J connectivity index is 1.81. The molecule has 0 unspecified atom stereocenters. The molecule has 0 aliphatic heterocycles. The average molecular weight is 344 g/mol. The van der Waals surface area contributed by atoms with Crippen LogP contribution in [0.1, 0.15) is 40.7 Å². The normalized spacial score (nSPS) is 11.0. The molecule has 124 valence electrons. The molecule has 0 saturated heterocycles. The number of thiazole rings is 1. The second-order valence-electron chi connectivity index (χ2n) is 5.42. The average Bonchev–Trinajstić information content (AvgIpc) is 3.19. The van der Waals surface area contributed by atoms with Gasteiger partial charge in [-0.15, -0.1) is 0 Å². The van der Waals surface area contributed by atoms with Gasteiger partial charge < -0.3 is 4.74 Å². The molecule has 2 heterocycles. The summed E-state index contributed by atoms with van der Waals surface area (Å²) in [7, 11) is 1.33. The van der Waals surface area contributed by atoms with Crippen molar-refractivity contribution in [2.45, 2.75) is 19.9 Å². The van der Waals surface area contributed by atoms with E-state index in [1.54, 1.807) is 35.1 Å². The monoisotopic (exact) mass is 344 g/mol. The number of nitrogens with one attached hydrogen (secondary N) is 1. The second kappa shape index (κ2) is 6.40. The van der Waals surface area contributed by atoms with Crippen LogP contribution in [0.5, 0.6) is 0 Å². The Bertz CT molecular complexity index is 913. The number of ether oxygens (including phenoxy) is 1. The van der Waals surface area contributed by atoms with Gasteiger partial charge in [-0.2, -0.15) is 5.10 Å². The zero-order chi connectivity index (χ0) is 17.3. The summed E-state index contributed by atoms with van der Waals surface area (Å²) in [5, 5.41) is 7.42. The smallest absolute Gasteiger partial charge is 0.337 e. The molecule has 3 aromatic rings. The Morgan fingerprint density at radius 1 is 1.29 bits per heavy atom. The van der Waals surface area contributed by atoms with E-state index in [2.05, 4.69) is 15.4 Å². The zero-order valence-electron chi connectivity index (χ0n) is 13.4. The van der Waals surface area contributed by atoms with E-state index in [4.69, 9.17) is 4.74 Å². The van der Waals surface area contributed by atoms with Crippen molar-refractivity contribution in [3.8, 4) is 0 Å². The number of benzene rings is 1. The summed E-state index contributed by atoms with van der Waals surface area (Å²) in [6.07, 6.45) is 1.76. The molecule has 0 spiro atoms. The number of methoxy groups -OCH3 is 1. The zero-order valence-corrected chi connectivity index (χ0v) is 14.3. The molecule has 7 nitrogen and oxygen atoms in total. The van der Waals surface area contributed by atoms with Crippen LogP contribution in [0.25, 0.3) is 10.2 Å². The van der Waals surface area contributed by atoms with E-state index in [0.717, 1.165) is 4.70 Å². The van der Waals surface area contributed by atoms with Crippen LogP contribution in [-0.4, -0.2) is 33.8 Å². The van der Waals surface area contributed by atoms with E-state index < -0.39 is 5.97 Å². The van der Waals surface area contributed by atoms with E-state index in [9.17, 15) is 9.59 Å². The Kier molecular flexibility index (Phi) is 4.30. The van der Waals surface area contributed by atoms with Gasteiger partial charge in [0.05, 0.1) is 22.9 Å². The minimum atomic E-state index is -0.407. The summed E-state index contributed by atoms with van der Waals surface area (Å²) in [6.45, 7) is 3.97. The first kappa shape index (κ1) is 16.1. The van der Waals surface area contributed by atoms with Crippen LogP contribution >= 0.6 is 11.3 Å². The van der Waals surface area contributed by atoms with Crippen molar-refractivity contribution in [2.24, 2.45) is 0 Å². The molecule has 0 aliphatic rings. The molecule has 2 aromatic heterocycles. The van der Waals surface area contributed by atoms with Gasteiger partial charge in [0.25, 0.3) is 5.91 Å². The van der Waals surface area contributed by atoms with E-state index >= 15 is 0 Å². The van der Waals surface area contributed by atoms with Crippen molar-refractivity contribution in [3.63, 3.8) is 0 Å². The Morgan fingerprint density at radius 3 is 2.75 bits per heavy atom. The first-order valence-electron chi connectivity index (χ1n) is 7.33. The minimum absolute atomic E-state index is 0.186. The maximum absolute atomic E-state index is 12.3. The molecule has 1 amide bonds. The van der Waals surface area contributed by atoms with Crippen LogP contribution in [0.3, 0.4) is 0 Å². The number of amides is 1. The van der Waals surface area contributed by atoms with Crippen molar-refractivity contribution in [1.29, 1.82) is 0 Å². The molecular weight excluding hydrogens is 328 g/mol. The number of hydrogen-bond donors (Lipinski definition) is 1. The van der Waals surface area contributed by atoms with Gasteiger partial charge in [-0.25, -0.2) is 9.78 Å². The number of anilines is 1. The lowest BCUT2D eigenvalue weighted by Crippen LogP contribution is -2.13. The van der Waals surface area contributed by atoms with Gasteiger partial charge in [0.1, 0.15) is 0 Å². The van der Waals surface area contributed by atoms with Gasteiger partial charge in [-0.05, 0) is 38.1 Å². The SMILES string of the molecule is COC(=O)c1ccc2nc(NC(=O)c3ccn(C(C)C)n3)sc2c1. The molecular formula is C16H16N4O3S. The van der Waals surface area contributed by atoms with Crippen molar-refractivity contribution >= 4 is 38.6 Å². The van der Waals surface area contributed by atoms with Gasteiger partial charge in [-0.3, -0.25) is 14.8 Å². The maximum atomic E-state index is 12.3. The van der Waals surface area contributed by atoms with Gasteiger partial charge in [0, 0.05) is 12.2 Å². The number of carbonyl (C=O) groups excluding carboxylic acids is 2. The van der Waals surface area contributed by atoms with Crippen LogP contribution < -0.4 is 5.32 Å². The van der Waals surface area contributed by atoms with Gasteiger partial charge in [0.15, 0.2) is 10.8 Å². The molecule has 0 aliphatic carbocycles. The van der Waals surface area contributed by atoms with Crippen LogP contribution in [0, 0.1) is 0 Å². The van der Waals surface area contributed by atoms with Crippen molar-refractivity contribution in [2.75, 3.05) is 12.4 Å². The molecule has 8 heteroatoms. The van der Waals surface area contributed by atoms with Crippen molar-refractivity contribution < 1.29 is 14.3 Å². The lowest BCUT2D eigenvalue weighted by Gasteiger charge is -2.03. The first-order valence-corrected chi connectivity index (χ1v) is 8.15. The molecule has 0 fully saturated rings. The Labute approximate surface area is 142 Å². The van der Waals surface area contributed by atoms with Gasteiger partial charge in [-0.1, -0.05) is 11.3 Å². The number of esters is 1. The van der Waals surface area contributed by atoms with Gasteiger partial charge in [0.2, 0.25) is 0 Å². The third-order valence-corrected chi connectivity index (χ3v) is 4.33. The fourth-order valence-electron chi connectivity index (χ4n) is 2.13. The summed E-state index contributed by atoms with van der Waals surface area (Å²) < 4.78 is 7.21. The topological polar surface area (TPSA) is 86.1 Å². The number of hydrogen-bond acceptors (Lipinski definition) is 6. The fourth-order valence-corrected chi connectivity index (χ4v) is 3.03. The summed E-state index contributed by atoms with van der Waals surface area (Å²) in [4.78, 5) is 28.2. The number of aromatic nitrogens is 3. The molecule has 3 rings (SSSR count).